The van der Waals surface area contributed by atoms with Gasteiger partial charge in [0.1, 0.15) is 18.1 Å². The fourth-order valence-corrected chi connectivity index (χ4v) is 6.51. The van der Waals surface area contributed by atoms with Crippen molar-refractivity contribution < 1.29 is 18.3 Å². The van der Waals surface area contributed by atoms with Gasteiger partial charge in [-0.05, 0) is 129 Å². The van der Waals surface area contributed by atoms with Crippen LogP contribution in [0.3, 0.4) is 0 Å². The van der Waals surface area contributed by atoms with E-state index in [-0.39, 0.29) is 18.0 Å². The predicted octanol–water partition coefficient (Wildman–Crippen LogP) is 8.48. The summed E-state index contributed by atoms with van der Waals surface area (Å²) in [7, 11) is 2.14. The van der Waals surface area contributed by atoms with Gasteiger partial charge < -0.3 is 20.2 Å². The molecule has 2 aliphatic rings. The molecule has 2 fully saturated rings. The van der Waals surface area contributed by atoms with Crippen molar-refractivity contribution in [2.75, 3.05) is 20.1 Å². The van der Waals surface area contributed by atoms with Crippen LogP contribution >= 0.6 is 23.5 Å². The molecule has 9 heteroatoms. The maximum atomic E-state index is 15.2. The van der Waals surface area contributed by atoms with Crippen molar-refractivity contribution in [3.63, 3.8) is 0 Å². The first-order chi connectivity index (χ1) is 21.7. The van der Waals surface area contributed by atoms with Crippen molar-refractivity contribution >= 4 is 40.6 Å². The molecule has 0 bridgehead atoms. The summed E-state index contributed by atoms with van der Waals surface area (Å²) in [6.07, 6.45) is 7.50. The molecule has 0 aromatic heterocycles. The number of ether oxygens (including phenoxy) is 1. The minimum absolute atomic E-state index is 0.233. The monoisotopic (exact) mass is 651 g/mol. The quantitative estimate of drug-likeness (QED) is 0.140. The molecule has 4 aromatic carbocycles. The average molecular weight is 652 g/mol. The highest BCUT2D eigenvalue weighted by atomic mass is 35.5. The van der Waals surface area contributed by atoms with E-state index in [1.165, 1.54) is 50.9 Å². The number of likely N-dealkylation sites (tertiary alicyclic amines) is 1. The van der Waals surface area contributed by atoms with Crippen LogP contribution in [0.5, 0.6) is 5.75 Å². The third-order valence-corrected chi connectivity index (χ3v) is 9.54. The zero-order valence-electron chi connectivity index (χ0n) is 25.4. The van der Waals surface area contributed by atoms with Crippen LogP contribution in [0.25, 0.3) is 21.9 Å². The van der Waals surface area contributed by atoms with Crippen molar-refractivity contribution in [1.82, 2.24) is 9.62 Å². The Kier molecular flexibility index (Phi) is 11.5. The molecule has 0 radical (unpaired) electrons. The standard InChI is InChI=1S/C30H26ClF2NO2S.C6H14N2/c31-25-13-7-21(8-14-25)20-5-11-24(12-6-20)30(32,33)29(19-35)34-37-28-16-10-22-17-27(15-9-23(22)18-28)36-26-3-1-2-4-26;1-8-4-2-6(7)3-5-8/h5-19,26,29,34H,1-4H2;6H,2-5,7H2,1H3. The van der Waals surface area contributed by atoms with Gasteiger partial charge in [-0.15, -0.1) is 0 Å². The van der Waals surface area contributed by atoms with Gasteiger partial charge in [-0.25, -0.2) is 4.72 Å². The Morgan fingerprint density at radius 2 is 1.51 bits per heavy atom. The molecule has 1 saturated heterocycles. The molecule has 6 rings (SSSR count). The molecular formula is C36H40ClF2N3O2S. The Hall–Kier alpha value is -3.01. The van der Waals surface area contributed by atoms with Crippen molar-refractivity contribution in [3.8, 4) is 16.9 Å². The molecule has 3 N–H and O–H groups in total. The van der Waals surface area contributed by atoms with Crippen LogP contribution in [-0.4, -0.2) is 49.5 Å². The fraction of sp³-hybridized carbons (Fsp3) is 0.361. The number of aldehydes is 1. The van der Waals surface area contributed by atoms with Gasteiger partial charge in [-0.1, -0.05) is 60.1 Å². The number of rotatable bonds is 9. The second-order valence-corrected chi connectivity index (χ2v) is 13.2. The van der Waals surface area contributed by atoms with Crippen LogP contribution < -0.4 is 15.2 Å². The summed E-state index contributed by atoms with van der Waals surface area (Å²) in [4.78, 5) is 14.7. The number of hydrogen-bond acceptors (Lipinski definition) is 6. The lowest BCUT2D eigenvalue weighted by Crippen LogP contribution is -2.41. The highest BCUT2D eigenvalue weighted by Gasteiger charge is 2.41. The molecule has 0 amide bonds. The van der Waals surface area contributed by atoms with Gasteiger partial charge in [0, 0.05) is 21.5 Å². The second-order valence-electron chi connectivity index (χ2n) is 11.9. The first-order valence-corrected chi connectivity index (χ1v) is 16.7. The molecule has 5 nitrogen and oxygen atoms in total. The predicted molar refractivity (Wildman–Crippen MR) is 181 cm³/mol. The van der Waals surface area contributed by atoms with Crippen molar-refractivity contribution in [3.05, 3.63) is 95.5 Å². The lowest BCUT2D eigenvalue weighted by atomic mass is 9.98. The Balaban J connectivity index is 0.000000436. The minimum Gasteiger partial charge on any atom is -0.490 e. The largest absolute Gasteiger partial charge is 0.490 e. The molecule has 1 atom stereocenters. The van der Waals surface area contributed by atoms with Crippen LogP contribution in [0.4, 0.5) is 8.78 Å². The van der Waals surface area contributed by atoms with Gasteiger partial charge in [0.2, 0.25) is 0 Å². The van der Waals surface area contributed by atoms with Gasteiger partial charge >= 0.3 is 0 Å². The molecule has 0 spiro atoms. The van der Waals surface area contributed by atoms with Crippen LogP contribution in [0.1, 0.15) is 44.1 Å². The van der Waals surface area contributed by atoms with E-state index in [1.807, 2.05) is 48.5 Å². The number of fused-ring (bicyclic) bond motifs is 1. The summed E-state index contributed by atoms with van der Waals surface area (Å²) in [5, 5.41) is 2.59. The first-order valence-electron chi connectivity index (χ1n) is 15.5. The van der Waals surface area contributed by atoms with Crippen LogP contribution in [0, 0.1) is 0 Å². The zero-order valence-corrected chi connectivity index (χ0v) is 27.0. The molecular weight excluding hydrogens is 612 g/mol. The van der Waals surface area contributed by atoms with E-state index in [4.69, 9.17) is 22.1 Å². The minimum atomic E-state index is -3.39. The number of alkyl halides is 2. The lowest BCUT2D eigenvalue weighted by Gasteiger charge is -2.25. The summed E-state index contributed by atoms with van der Waals surface area (Å²) in [5.41, 5.74) is 7.09. The van der Waals surface area contributed by atoms with Crippen LogP contribution in [-0.2, 0) is 10.7 Å². The smallest absolute Gasteiger partial charge is 0.295 e. The van der Waals surface area contributed by atoms with E-state index < -0.39 is 12.0 Å². The number of nitrogens with two attached hydrogens (primary N) is 1. The van der Waals surface area contributed by atoms with E-state index in [1.54, 1.807) is 24.3 Å². The molecule has 45 heavy (non-hydrogen) atoms. The van der Waals surface area contributed by atoms with Crippen molar-refractivity contribution in [2.24, 2.45) is 5.73 Å². The Morgan fingerprint density at radius 1 is 0.911 bits per heavy atom. The normalized spacial score (nSPS) is 17.1. The summed E-state index contributed by atoms with van der Waals surface area (Å²) in [5.74, 6) is -2.54. The van der Waals surface area contributed by atoms with Crippen molar-refractivity contribution in [2.45, 2.75) is 67.5 Å². The summed E-state index contributed by atoms with van der Waals surface area (Å²) in [6, 6.07) is 23.5. The number of piperidine rings is 1. The molecule has 1 heterocycles. The SMILES string of the molecule is CN1CCC(N)CC1.O=CC(NSc1ccc2cc(OC3CCCC3)ccc2c1)C(F)(F)c1ccc(-c2ccc(Cl)cc2)cc1. The summed E-state index contributed by atoms with van der Waals surface area (Å²) >= 11 is 6.94. The van der Waals surface area contributed by atoms with E-state index in [2.05, 4.69) is 16.7 Å². The third kappa shape index (κ3) is 9.05. The summed E-state index contributed by atoms with van der Waals surface area (Å²) < 4.78 is 39.2. The van der Waals surface area contributed by atoms with Crippen LogP contribution in [0.15, 0.2) is 89.8 Å². The Labute approximate surface area is 273 Å². The van der Waals surface area contributed by atoms with E-state index in [0.717, 1.165) is 57.3 Å². The summed E-state index contributed by atoms with van der Waals surface area (Å²) in [6.45, 7) is 2.36. The molecule has 4 aromatic rings. The topological polar surface area (TPSA) is 67.6 Å². The maximum absolute atomic E-state index is 15.2. The Bertz CT molecular complexity index is 1530. The number of carbonyl (C=O) groups excluding carboxylic acids is 1. The fourth-order valence-electron chi connectivity index (χ4n) is 5.59. The number of carbonyl (C=O) groups is 1. The van der Waals surface area contributed by atoms with Gasteiger partial charge in [0.25, 0.3) is 5.92 Å². The highest BCUT2D eigenvalue weighted by Crippen LogP contribution is 2.35. The van der Waals surface area contributed by atoms with E-state index in [9.17, 15) is 4.79 Å². The molecule has 1 saturated carbocycles. The van der Waals surface area contributed by atoms with Gasteiger partial charge in [0.15, 0.2) is 0 Å². The number of halogens is 3. The van der Waals surface area contributed by atoms with E-state index >= 15 is 8.78 Å². The molecule has 1 aliphatic heterocycles. The highest BCUT2D eigenvalue weighted by molar-refractivity contribution is 7.97. The molecule has 238 valence electrons. The van der Waals surface area contributed by atoms with Gasteiger partial charge in [-0.3, -0.25) is 0 Å². The van der Waals surface area contributed by atoms with Gasteiger partial charge in [-0.2, -0.15) is 8.78 Å². The molecule has 1 aliphatic carbocycles. The maximum Gasteiger partial charge on any atom is 0.295 e. The Morgan fingerprint density at radius 3 is 2.13 bits per heavy atom. The van der Waals surface area contributed by atoms with Crippen molar-refractivity contribution in [1.29, 1.82) is 0 Å². The van der Waals surface area contributed by atoms with Gasteiger partial charge in [0.05, 0.1) is 6.10 Å². The first kappa shape index (κ1) is 33.4. The number of benzene rings is 4. The van der Waals surface area contributed by atoms with Crippen LogP contribution in [0.2, 0.25) is 5.02 Å². The third-order valence-electron chi connectivity index (χ3n) is 8.43. The number of hydrogen-bond donors (Lipinski definition) is 2. The second kappa shape index (κ2) is 15.5. The van der Waals surface area contributed by atoms with E-state index in [0.29, 0.717) is 11.1 Å². The molecule has 1 unspecified atom stereocenters. The number of nitrogens with one attached hydrogen (secondary N) is 1. The number of nitrogens with zero attached hydrogens (tertiary/aromatic N) is 1. The lowest BCUT2D eigenvalue weighted by molar-refractivity contribution is -0.119. The zero-order chi connectivity index (χ0) is 31.8. The average Bonchev–Trinajstić information content (AvgIpc) is 3.56.